The van der Waals surface area contributed by atoms with Gasteiger partial charge in [-0.1, -0.05) is 53.5 Å². The number of benzene rings is 1. The van der Waals surface area contributed by atoms with Crippen molar-refractivity contribution in [2.24, 2.45) is 5.92 Å². The summed E-state index contributed by atoms with van der Waals surface area (Å²) >= 11 is 3.55. The molecule has 2 heteroatoms. The zero-order valence-electron chi connectivity index (χ0n) is 10.5. The maximum absolute atomic E-state index is 6.12. The summed E-state index contributed by atoms with van der Waals surface area (Å²) in [6, 6.07) is 8.73. The van der Waals surface area contributed by atoms with Crippen molar-refractivity contribution in [3.05, 3.63) is 35.4 Å². The van der Waals surface area contributed by atoms with Crippen LogP contribution in [0.5, 0.6) is 0 Å². The molecule has 1 aliphatic carbocycles. The molecule has 0 heterocycles. The number of fused-ring (bicyclic) bond motifs is 1. The van der Waals surface area contributed by atoms with E-state index in [-0.39, 0.29) is 0 Å². The summed E-state index contributed by atoms with van der Waals surface area (Å²) in [6.07, 6.45) is 5.15. The van der Waals surface area contributed by atoms with Gasteiger partial charge in [0.25, 0.3) is 0 Å². The van der Waals surface area contributed by atoms with Gasteiger partial charge < -0.3 is 4.74 Å². The quantitative estimate of drug-likeness (QED) is 0.727. The minimum atomic E-state index is 0.327. The average Bonchev–Trinajstić information content (AvgIpc) is 2.40. The summed E-state index contributed by atoms with van der Waals surface area (Å²) in [5, 5.41) is 1.04. The van der Waals surface area contributed by atoms with Crippen molar-refractivity contribution in [1.29, 1.82) is 0 Å². The van der Waals surface area contributed by atoms with Crippen molar-refractivity contribution in [3.8, 4) is 0 Å². The Balaban J connectivity index is 1.99. The lowest BCUT2D eigenvalue weighted by Gasteiger charge is -2.27. The molecular formula is C15H21BrO. The van der Waals surface area contributed by atoms with Crippen LogP contribution in [0.4, 0.5) is 0 Å². The van der Waals surface area contributed by atoms with E-state index in [1.807, 2.05) is 0 Å². The van der Waals surface area contributed by atoms with E-state index in [0.717, 1.165) is 11.9 Å². The minimum Gasteiger partial charge on any atom is -0.373 e. The van der Waals surface area contributed by atoms with Crippen LogP contribution in [0.15, 0.2) is 24.3 Å². The summed E-state index contributed by atoms with van der Waals surface area (Å²) in [4.78, 5) is 0. The number of aryl methyl sites for hydroxylation is 1. The molecular weight excluding hydrogens is 276 g/mol. The van der Waals surface area contributed by atoms with Gasteiger partial charge >= 0.3 is 0 Å². The van der Waals surface area contributed by atoms with Crippen LogP contribution in [0.1, 0.15) is 43.4 Å². The number of hydrogen-bond acceptors (Lipinski definition) is 1. The topological polar surface area (TPSA) is 9.23 Å². The smallest absolute Gasteiger partial charge is 0.0827 e. The van der Waals surface area contributed by atoms with Crippen molar-refractivity contribution in [2.45, 2.75) is 38.7 Å². The Morgan fingerprint density at radius 1 is 1.41 bits per heavy atom. The molecule has 1 nitrogen and oxygen atoms in total. The molecule has 1 aromatic rings. The lowest BCUT2D eigenvalue weighted by Crippen LogP contribution is -2.17. The van der Waals surface area contributed by atoms with Crippen molar-refractivity contribution in [1.82, 2.24) is 0 Å². The van der Waals surface area contributed by atoms with Crippen LogP contribution >= 0.6 is 15.9 Å². The second-order valence-electron chi connectivity index (χ2n) is 4.84. The predicted molar refractivity (Wildman–Crippen MR) is 75.6 cm³/mol. The Kier molecular flexibility index (Phi) is 5.05. The fraction of sp³-hybridized carbons (Fsp3) is 0.600. The maximum atomic E-state index is 6.12. The fourth-order valence-electron chi connectivity index (χ4n) is 2.41. The van der Waals surface area contributed by atoms with Crippen LogP contribution in [0, 0.1) is 5.92 Å². The molecule has 17 heavy (non-hydrogen) atoms. The van der Waals surface area contributed by atoms with Gasteiger partial charge in [-0.25, -0.2) is 0 Å². The Labute approximate surface area is 113 Å². The Morgan fingerprint density at radius 2 is 2.24 bits per heavy atom. The number of halogens is 1. The Morgan fingerprint density at radius 3 is 3.00 bits per heavy atom. The Hall–Kier alpha value is -0.340. The molecule has 2 rings (SSSR count). The lowest BCUT2D eigenvalue weighted by molar-refractivity contribution is 0.0216. The molecule has 0 bridgehead atoms. The molecule has 0 amide bonds. The molecule has 0 saturated carbocycles. The number of rotatable bonds is 5. The highest BCUT2D eigenvalue weighted by Crippen LogP contribution is 2.32. The first-order valence-corrected chi connectivity index (χ1v) is 7.72. The highest BCUT2D eigenvalue weighted by molar-refractivity contribution is 9.09. The average molecular weight is 297 g/mol. The molecule has 2 atom stereocenters. The summed E-state index contributed by atoms with van der Waals surface area (Å²) in [6.45, 7) is 3.10. The third-order valence-electron chi connectivity index (χ3n) is 3.64. The summed E-state index contributed by atoms with van der Waals surface area (Å²) < 4.78 is 6.12. The van der Waals surface area contributed by atoms with E-state index in [1.165, 1.54) is 36.8 Å². The van der Waals surface area contributed by atoms with E-state index in [0.29, 0.717) is 12.0 Å². The van der Waals surface area contributed by atoms with Crippen LogP contribution in [-0.4, -0.2) is 11.9 Å². The number of alkyl halides is 1. The molecule has 0 aliphatic heterocycles. The van der Waals surface area contributed by atoms with E-state index in [9.17, 15) is 0 Å². The van der Waals surface area contributed by atoms with Crippen LogP contribution in [0.2, 0.25) is 0 Å². The van der Waals surface area contributed by atoms with Crippen LogP contribution < -0.4 is 0 Å². The van der Waals surface area contributed by atoms with E-state index in [1.54, 1.807) is 0 Å². The van der Waals surface area contributed by atoms with Crippen molar-refractivity contribution < 1.29 is 4.74 Å². The SMILES string of the molecule is CCC(CBr)COC1CCCc2ccccc21. The van der Waals surface area contributed by atoms with Gasteiger partial charge in [0.15, 0.2) is 0 Å². The zero-order chi connectivity index (χ0) is 12.1. The second kappa shape index (κ2) is 6.55. The molecule has 94 valence electrons. The molecule has 0 radical (unpaired) electrons. The summed E-state index contributed by atoms with van der Waals surface area (Å²) in [7, 11) is 0. The van der Waals surface area contributed by atoms with Gasteiger partial charge in [-0.15, -0.1) is 0 Å². The highest BCUT2D eigenvalue weighted by Gasteiger charge is 2.20. The first-order chi connectivity index (χ1) is 8.35. The maximum Gasteiger partial charge on any atom is 0.0827 e. The highest BCUT2D eigenvalue weighted by atomic mass is 79.9. The first-order valence-electron chi connectivity index (χ1n) is 6.60. The van der Waals surface area contributed by atoms with Gasteiger partial charge in [0.1, 0.15) is 0 Å². The molecule has 2 unspecified atom stereocenters. The second-order valence-corrected chi connectivity index (χ2v) is 5.49. The minimum absolute atomic E-state index is 0.327. The standard InChI is InChI=1S/C15H21BrO/c1-2-12(10-16)11-17-15-9-5-7-13-6-3-4-8-14(13)15/h3-4,6,8,12,15H,2,5,7,9-11H2,1H3. The lowest BCUT2D eigenvalue weighted by atomic mass is 9.89. The van der Waals surface area contributed by atoms with E-state index in [2.05, 4.69) is 47.1 Å². The van der Waals surface area contributed by atoms with E-state index >= 15 is 0 Å². The van der Waals surface area contributed by atoms with Crippen molar-refractivity contribution in [2.75, 3.05) is 11.9 Å². The largest absolute Gasteiger partial charge is 0.373 e. The van der Waals surface area contributed by atoms with Gasteiger partial charge in [0, 0.05) is 5.33 Å². The molecule has 0 saturated heterocycles. The fourth-order valence-corrected chi connectivity index (χ4v) is 3.05. The Bertz CT molecular complexity index is 347. The van der Waals surface area contributed by atoms with Gasteiger partial charge in [-0.3, -0.25) is 0 Å². The summed E-state index contributed by atoms with van der Waals surface area (Å²) in [5.41, 5.74) is 2.90. The monoisotopic (exact) mass is 296 g/mol. The number of hydrogen-bond donors (Lipinski definition) is 0. The summed E-state index contributed by atoms with van der Waals surface area (Å²) in [5.74, 6) is 0.643. The van der Waals surface area contributed by atoms with Crippen LogP contribution in [0.25, 0.3) is 0 Å². The molecule has 1 aromatic carbocycles. The van der Waals surface area contributed by atoms with E-state index < -0.39 is 0 Å². The van der Waals surface area contributed by atoms with Gasteiger partial charge in [0.2, 0.25) is 0 Å². The van der Waals surface area contributed by atoms with Gasteiger partial charge in [-0.05, 0) is 36.3 Å². The van der Waals surface area contributed by atoms with Crippen LogP contribution in [-0.2, 0) is 11.2 Å². The van der Waals surface area contributed by atoms with E-state index in [4.69, 9.17) is 4.74 Å². The van der Waals surface area contributed by atoms with Crippen molar-refractivity contribution >= 4 is 15.9 Å². The first kappa shape index (κ1) is 13.1. The third kappa shape index (κ3) is 3.32. The molecule has 0 spiro atoms. The van der Waals surface area contributed by atoms with Gasteiger partial charge in [0.05, 0.1) is 12.7 Å². The molecule has 1 aliphatic rings. The van der Waals surface area contributed by atoms with Crippen LogP contribution in [0.3, 0.4) is 0 Å². The van der Waals surface area contributed by atoms with Crippen molar-refractivity contribution in [3.63, 3.8) is 0 Å². The molecule has 0 fully saturated rings. The zero-order valence-corrected chi connectivity index (χ0v) is 12.1. The van der Waals surface area contributed by atoms with Gasteiger partial charge in [-0.2, -0.15) is 0 Å². The molecule has 0 aromatic heterocycles. The third-order valence-corrected chi connectivity index (χ3v) is 4.56. The number of ether oxygens (including phenoxy) is 1. The molecule has 0 N–H and O–H groups in total. The predicted octanol–water partition coefficient (Wildman–Crippen LogP) is 4.50. The normalized spacial score (nSPS) is 20.9.